The molecule has 1 aromatic carbocycles. The molecule has 1 aliphatic carbocycles. The van der Waals surface area contributed by atoms with Crippen molar-refractivity contribution in [3.8, 4) is 11.3 Å². The Morgan fingerprint density at radius 1 is 1.21 bits per heavy atom. The Balaban J connectivity index is 0.00000267. The average Bonchev–Trinajstić information content (AvgIpc) is 3.67. The number of rotatable bonds is 9. The Kier molecular flexibility index (Phi) is 15.1. The third-order valence-corrected chi connectivity index (χ3v) is 6.95. The van der Waals surface area contributed by atoms with Crippen LogP contribution in [-0.4, -0.2) is 145 Å². The number of amides is 1. The molecule has 0 saturated heterocycles. The summed E-state index contributed by atoms with van der Waals surface area (Å²) in [5.41, 5.74) is 4.23. The summed E-state index contributed by atoms with van der Waals surface area (Å²) in [7, 11) is 0. The number of H-pyrrole nitrogens is 1. The van der Waals surface area contributed by atoms with Gasteiger partial charge in [0.2, 0.25) is 4.80 Å². The van der Waals surface area contributed by atoms with Crippen molar-refractivity contribution in [1.82, 2.24) is 25.2 Å². The molecule has 192 valence electrons. The van der Waals surface area contributed by atoms with Crippen LogP contribution in [0.2, 0.25) is 0 Å². The van der Waals surface area contributed by atoms with Crippen LogP contribution in [0.1, 0.15) is 43.7 Å². The molecule has 3 aromatic rings. The standard InChI is InChI=1S/C27H28N6O3S.2K/c1-3-10-18(19-12-5-6-13-20(19)23-17-28-32-30-23)11-7-8-16-33-27(37-24(4-2)31-33)29-25(34)21-14-9-15-22(21)26(35)36;;/h3,5-8,10-13,17H,4,9,14-16H2,1-2H3,(H,35,36)(H,28,30,32);;/b8-7+,10-3-,18-11+,29-27?;;. The van der Waals surface area contributed by atoms with Crippen molar-refractivity contribution in [2.75, 3.05) is 0 Å². The summed E-state index contributed by atoms with van der Waals surface area (Å²) in [5.74, 6) is -1.53. The number of nitrogens with one attached hydrogen (secondary N) is 1. The first kappa shape index (κ1) is 34.3. The number of carboxylic acids is 1. The number of hydrogen-bond acceptors (Lipinski definition) is 6. The monoisotopic (exact) mass is 594 g/mol. The number of benzene rings is 1. The van der Waals surface area contributed by atoms with E-state index in [0.29, 0.717) is 42.6 Å². The maximum absolute atomic E-state index is 12.8. The maximum Gasteiger partial charge on any atom is 0.332 e. The van der Waals surface area contributed by atoms with Crippen molar-refractivity contribution in [2.24, 2.45) is 4.99 Å². The van der Waals surface area contributed by atoms with Crippen LogP contribution in [0.5, 0.6) is 0 Å². The number of carbonyl (C=O) groups is 2. The van der Waals surface area contributed by atoms with Gasteiger partial charge in [0.05, 0.1) is 12.7 Å². The molecular weight excluding hydrogens is 567 g/mol. The molecule has 39 heavy (non-hydrogen) atoms. The van der Waals surface area contributed by atoms with E-state index < -0.39 is 11.9 Å². The summed E-state index contributed by atoms with van der Waals surface area (Å²) in [4.78, 5) is 29.0. The molecule has 2 heterocycles. The topological polar surface area (TPSA) is 126 Å². The van der Waals surface area contributed by atoms with Crippen LogP contribution in [0.15, 0.2) is 77.0 Å². The Bertz CT molecular complexity index is 1480. The second kappa shape index (κ2) is 17.1. The van der Waals surface area contributed by atoms with Gasteiger partial charge >= 0.3 is 5.97 Å². The van der Waals surface area contributed by atoms with Gasteiger partial charge in [0.15, 0.2) is 0 Å². The normalized spacial score (nSPS) is 14.2. The summed E-state index contributed by atoms with van der Waals surface area (Å²) in [5, 5.41) is 25.6. The summed E-state index contributed by atoms with van der Waals surface area (Å²) in [6.45, 7) is 4.37. The Morgan fingerprint density at radius 3 is 2.67 bits per heavy atom. The van der Waals surface area contributed by atoms with Gasteiger partial charge in [-0.25, -0.2) is 9.48 Å². The largest absolute Gasteiger partial charge is 0.478 e. The molecule has 4 rings (SSSR count). The van der Waals surface area contributed by atoms with Gasteiger partial charge in [-0.05, 0) is 43.7 Å². The Hall–Kier alpha value is -0.907. The average molecular weight is 595 g/mol. The molecule has 2 aromatic heterocycles. The smallest absolute Gasteiger partial charge is 0.332 e. The van der Waals surface area contributed by atoms with Crippen LogP contribution in [0, 0.1) is 0 Å². The van der Waals surface area contributed by atoms with Crippen LogP contribution in [0.25, 0.3) is 16.8 Å². The number of aromatic nitrogens is 5. The molecule has 0 spiro atoms. The van der Waals surface area contributed by atoms with E-state index in [0.717, 1.165) is 27.4 Å². The molecular formula is C27H28K2N6O3S. The van der Waals surface area contributed by atoms with Gasteiger partial charge < -0.3 is 5.11 Å². The summed E-state index contributed by atoms with van der Waals surface area (Å²) in [6, 6.07) is 8.00. The van der Waals surface area contributed by atoms with E-state index in [4.69, 9.17) is 0 Å². The van der Waals surface area contributed by atoms with Crippen molar-refractivity contribution in [2.45, 2.75) is 46.1 Å². The molecule has 0 aliphatic heterocycles. The number of aromatic amines is 1. The van der Waals surface area contributed by atoms with Gasteiger partial charge in [0.1, 0.15) is 10.7 Å². The number of carboxylic acid groups (broad SMARTS) is 1. The van der Waals surface area contributed by atoms with E-state index in [1.165, 1.54) is 11.3 Å². The minimum Gasteiger partial charge on any atom is -0.478 e. The van der Waals surface area contributed by atoms with Crippen molar-refractivity contribution < 1.29 is 14.7 Å². The second-order valence-corrected chi connectivity index (χ2v) is 9.34. The van der Waals surface area contributed by atoms with Gasteiger partial charge in [-0.15, -0.1) is 0 Å². The van der Waals surface area contributed by atoms with Gasteiger partial charge in [0.25, 0.3) is 5.91 Å². The molecule has 1 amide bonds. The third-order valence-electron chi connectivity index (χ3n) is 5.86. The number of aliphatic carboxylic acids is 1. The van der Waals surface area contributed by atoms with E-state index in [9.17, 15) is 14.7 Å². The van der Waals surface area contributed by atoms with Crippen molar-refractivity contribution in [3.63, 3.8) is 0 Å². The quantitative estimate of drug-likeness (QED) is 0.287. The SMILES string of the molecule is C\C=C/C(=C\C=C\Cn1nc(CC)sc1=NC(=O)C1=C(C(=O)O)CCC1)c1ccccc1-c1cn[nH]n1.[K].[K]. The summed E-state index contributed by atoms with van der Waals surface area (Å²) < 4.78 is 1.68. The zero-order chi connectivity index (χ0) is 26.2. The number of allylic oxidation sites excluding steroid dienone is 6. The molecule has 2 N–H and O–H groups in total. The van der Waals surface area contributed by atoms with Crippen LogP contribution in [0.4, 0.5) is 0 Å². The first-order chi connectivity index (χ1) is 18.0. The predicted octanol–water partition coefficient (Wildman–Crippen LogP) is 3.74. The number of carbonyl (C=O) groups excluding carboxylic acids is 1. The first-order valence-corrected chi connectivity index (χ1v) is 12.9. The molecule has 12 heteroatoms. The fourth-order valence-electron chi connectivity index (χ4n) is 4.10. The maximum atomic E-state index is 12.8. The number of aryl methyl sites for hydroxylation is 1. The Labute approximate surface area is 316 Å². The minimum absolute atomic E-state index is 0. The van der Waals surface area contributed by atoms with Gasteiger partial charge in [-0.2, -0.15) is 25.5 Å². The molecule has 9 nitrogen and oxygen atoms in total. The first-order valence-electron chi connectivity index (χ1n) is 12.1. The van der Waals surface area contributed by atoms with Gasteiger partial charge in [-0.1, -0.05) is 72.9 Å². The zero-order valence-electron chi connectivity index (χ0n) is 22.7. The molecule has 0 fully saturated rings. The van der Waals surface area contributed by atoms with E-state index >= 15 is 0 Å². The fraction of sp³-hybridized carbons (Fsp3) is 0.259. The van der Waals surface area contributed by atoms with E-state index in [-0.39, 0.29) is 108 Å². The van der Waals surface area contributed by atoms with Crippen LogP contribution in [0.3, 0.4) is 0 Å². The van der Waals surface area contributed by atoms with E-state index in [1.54, 1.807) is 10.9 Å². The Morgan fingerprint density at radius 2 is 1.97 bits per heavy atom. The molecule has 2 radical (unpaired) electrons. The third kappa shape index (κ3) is 9.04. The number of nitrogens with zero attached hydrogens (tertiary/aromatic N) is 5. The van der Waals surface area contributed by atoms with Crippen molar-refractivity contribution in [3.05, 3.63) is 87.4 Å². The fourth-order valence-corrected chi connectivity index (χ4v) is 4.95. The summed E-state index contributed by atoms with van der Waals surface area (Å²) in [6.07, 6.45) is 13.8. The molecule has 0 unspecified atom stereocenters. The van der Waals surface area contributed by atoms with Crippen LogP contribution >= 0.6 is 11.3 Å². The van der Waals surface area contributed by atoms with E-state index in [2.05, 4.69) is 25.5 Å². The van der Waals surface area contributed by atoms with Crippen LogP contribution < -0.4 is 4.80 Å². The molecule has 0 atom stereocenters. The molecule has 1 aliphatic rings. The van der Waals surface area contributed by atoms with Crippen LogP contribution in [-0.2, 0) is 22.6 Å². The van der Waals surface area contributed by atoms with E-state index in [1.807, 2.05) is 68.5 Å². The van der Waals surface area contributed by atoms with Gasteiger partial charge in [0, 0.05) is 119 Å². The van der Waals surface area contributed by atoms with Crippen molar-refractivity contribution >= 4 is 132 Å². The summed E-state index contributed by atoms with van der Waals surface area (Å²) >= 11 is 1.34. The van der Waals surface area contributed by atoms with Gasteiger partial charge in [-0.3, -0.25) is 4.79 Å². The molecule has 0 bridgehead atoms. The van der Waals surface area contributed by atoms with Crippen molar-refractivity contribution in [1.29, 1.82) is 0 Å². The second-order valence-electron chi connectivity index (χ2n) is 8.30. The molecule has 0 saturated carbocycles. The zero-order valence-corrected chi connectivity index (χ0v) is 29.8. The predicted molar refractivity (Wildman–Crippen MR) is 154 cm³/mol. The number of hydrogen-bond donors (Lipinski definition) is 2. The minimum atomic E-state index is -1.04.